The molecule has 2 rings (SSSR count). The van der Waals surface area contributed by atoms with Crippen LogP contribution in [-0.2, 0) is 37.1 Å². The van der Waals surface area contributed by atoms with Crippen molar-refractivity contribution in [2.45, 2.75) is 59.0 Å². The Bertz CT molecular complexity index is 886. The van der Waals surface area contributed by atoms with Gasteiger partial charge in [0.05, 0.1) is 20.3 Å². The highest BCUT2D eigenvalue weighted by Crippen LogP contribution is 2.26. The molecule has 2 aromatic rings. The number of nitrogens with one attached hydrogen (secondary N) is 1. The molecule has 0 aliphatic rings. The van der Waals surface area contributed by atoms with Crippen molar-refractivity contribution in [3.63, 3.8) is 0 Å². The van der Waals surface area contributed by atoms with E-state index in [1.807, 2.05) is 4.57 Å². The van der Waals surface area contributed by atoms with E-state index in [0.29, 0.717) is 29.1 Å². The zero-order chi connectivity index (χ0) is 23.5. The number of hydrogen-bond donors (Lipinski definition) is 2. The van der Waals surface area contributed by atoms with Gasteiger partial charge in [-0.2, -0.15) is 4.98 Å². The van der Waals surface area contributed by atoms with Crippen molar-refractivity contribution in [1.82, 2.24) is 19.9 Å². The predicted molar refractivity (Wildman–Crippen MR) is 115 cm³/mol. The number of aromatic nitrogens is 3. The molecule has 0 radical (unpaired) electrons. The highest BCUT2D eigenvalue weighted by atomic mass is 16.6. The topological polar surface area (TPSA) is 134 Å². The Morgan fingerprint density at radius 3 is 2.53 bits per heavy atom. The Morgan fingerprint density at radius 2 is 1.88 bits per heavy atom. The molecule has 2 atom stereocenters. The van der Waals surface area contributed by atoms with Crippen LogP contribution in [0, 0.1) is 0 Å². The summed E-state index contributed by atoms with van der Waals surface area (Å²) in [6.07, 6.45) is 3.42. The molecule has 11 nitrogen and oxygen atoms in total. The molecule has 0 aromatic carbocycles. The van der Waals surface area contributed by atoms with Gasteiger partial charge in [0.1, 0.15) is 30.1 Å². The van der Waals surface area contributed by atoms with Crippen molar-refractivity contribution < 1.29 is 33.6 Å². The summed E-state index contributed by atoms with van der Waals surface area (Å²) in [6, 6.07) is -1.31. The van der Waals surface area contributed by atoms with Crippen molar-refractivity contribution in [3.8, 4) is 5.88 Å². The first-order valence-electron chi connectivity index (χ1n) is 10.7. The van der Waals surface area contributed by atoms with Crippen LogP contribution >= 0.6 is 0 Å². The summed E-state index contributed by atoms with van der Waals surface area (Å²) in [4.78, 5) is 32.9. The first-order chi connectivity index (χ1) is 15.5. The summed E-state index contributed by atoms with van der Waals surface area (Å²) in [5.74, 6) is -1.28. The number of aliphatic hydroxyl groups is 1. The Labute approximate surface area is 187 Å². The largest absolute Gasteiger partial charge is 0.479 e. The lowest BCUT2D eigenvalue weighted by molar-refractivity contribution is -0.162. The molecule has 0 saturated carbocycles. The molecule has 11 heteroatoms. The molecule has 2 N–H and O–H groups in total. The Morgan fingerprint density at radius 1 is 1.16 bits per heavy atom. The molecular formula is C21H32N4O7. The monoisotopic (exact) mass is 452 g/mol. The molecule has 0 fully saturated rings. The molecular weight excluding hydrogens is 420 g/mol. The average Bonchev–Trinajstić information content (AvgIpc) is 3.15. The van der Waals surface area contributed by atoms with Crippen molar-refractivity contribution in [2.75, 3.05) is 26.9 Å². The minimum atomic E-state index is -1.72. The number of carbonyl (C=O) groups is 2. The fourth-order valence-electron chi connectivity index (χ4n) is 3.10. The number of ether oxygens (including phenoxy) is 4. The molecule has 2 heterocycles. The van der Waals surface area contributed by atoms with E-state index < -0.39 is 24.1 Å². The van der Waals surface area contributed by atoms with Crippen LogP contribution in [0.4, 0.5) is 0 Å². The molecule has 0 aliphatic heterocycles. The highest BCUT2D eigenvalue weighted by Gasteiger charge is 2.34. The maximum atomic E-state index is 12.4. The quantitative estimate of drug-likeness (QED) is 0.318. The molecule has 0 aliphatic carbocycles. The van der Waals surface area contributed by atoms with Crippen molar-refractivity contribution in [1.29, 1.82) is 0 Å². The Hall–Kier alpha value is -2.76. The van der Waals surface area contributed by atoms with Gasteiger partial charge in [0.15, 0.2) is 6.10 Å². The summed E-state index contributed by atoms with van der Waals surface area (Å²) in [5.41, 5.74) is 1.93. The third-order valence-electron chi connectivity index (χ3n) is 4.65. The van der Waals surface area contributed by atoms with Crippen LogP contribution in [0.1, 0.15) is 39.2 Å². The normalized spacial score (nSPS) is 13.0. The number of carbonyl (C=O) groups excluding carboxylic acids is 2. The smallest absolute Gasteiger partial charge is 0.337 e. The molecule has 0 bridgehead atoms. The number of hydrogen-bond acceptors (Lipinski definition) is 10. The number of unbranched alkanes of at least 4 members (excludes halogenated alkanes) is 1. The summed E-state index contributed by atoms with van der Waals surface area (Å²) in [6.45, 7) is 6.50. The van der Waals surface area contributed by atoms with Crippen LogP contribution < -0.4 is 10.1 Å². The first-order valence-corrected chi connectivity index (χ1v) is 10.7. The molecule has 32 heavy (non-hydrogen) atoms. The lowest BCUT2D eigenvalue weighted by atomic mass is 10.1. The summed E-state index contributed by atoms with van der Waals surface area (Å²) >= 11 is 0. The molecule has 0 saturated heterocycles. The van der Waals surface area contributed by atoms with Crippen LogP contribution in [0.5, 0.6) is 5.88 Å². The second-order valence-corrected chi connectivity index (χ2v) is 6.90. The number of rotatable bonds is 14. The van der Waals surface area contributed by atoms with Gasteiger partial charge in [-0.1, -0.05) is 13.3 Å². The Balaban J connectivity index is 2.28. The number of nitrogens with zero attached hydrogens (tertiary/aromatic N) is 3. The number of esters is 2. The number of fused-ring (bicyclic) bond motifs is 1. The van der Waals surface area contributed by atoms with Gasteiger partial charge in [-0.3, -0.25) is 10.1 Å². The summed E-state index contributed by atoms with van der Waals surface area (Å²) < 4.78 is 22.8. The third-order valence-corrected chi connectivity index (χ3v) is 4.65. The van der Waals surface area contributed by atoms with E-state index in [4.69, 9.17) is 18.9 Å². The maximum Gasteiger partial charge on any atom is 0.337 e. The van der Waals surface area contributed by atoms with E-state index in [9.17, 15) is 14.7 Å². The van der Waals surface area contributed by atoms with E-state index in [1.165, 1.54) is 13.4 Å². The van der Waals surface area contributed by atoms with Crippen LogP contribution in [0.2, 0.25) is 0 Å². The van der Waals surface area contributed by atoms with Gasteiger partial charge >= 0.3 is 11.9 Å². The number of methoxy groups -OCH3 is 1. The zero-order valence-electron chi connectivity index (χ0n) is 19.0. The molecule has 0 amide bonds. The van der Waals surface area contributed by atoms with E-state index >= 15 is 0 Å². The van der Waals surface area contributed by atoms with Gasteiger partial charge in [0.25, 0.3) is 0 Å². The van der Waals surface area contributed by atoms with Gasteiger partial charge in [-0.25, -0.2) is 9.78 Å². The second kappa shape index (κ2) is 12.9. The van der Waals surface area contributed by atoms with E-state index in [1.54, 1.807) is 20.0 Å². The molecule has 0 unspecified atom stereocenters. The van der Waals surface area contributed by atoms with Gasteiger partial charge in [0, 0.05) is 24.9 Å². The highest BCUT2D eigenvalue weighted by molar-refractivity contribution is 5.87. The Kier molecular flexibility index (Phi) is 10.3. The second-order valence-electron chi connectivity index (χ2n) is 6.90. The maximum absolute atomic E-state index is 12.4. The average molecular weight is 453 g/mol. The van der Waals surface area contributed by atoms with Crippen LogP contribution in [0.15, 0.2) is 12.5 Å². The van der Waals surface area contributed by atoms with Crippen molar-refractivity contribution in [2.24, 2.45) is 0 Å². The van der Waals surface area contributed by atoms with E-state index in [0.717, 1.165) is 12.8 Å². The van der Waals surface area contributed by atoms with Gasteiger partial charge < -0.3 is 28.6 Å². The lowest BCUT2D eigenvalue weighted by Gasteiger charge is -2.21. The first kappa shape index (κ1) is 25.5. The molecule has 178 valence electrons. The van der Waals surface area contributed by atoms with Gasteiger partial charge in [-0.05, 0) is 20.3 Å². The number of aliphatic hydroxyl groups excluding tert-OH is 1. The SMILES string of the molecule is CCCCOCn1cc(CN[C@@H](C(=O)OCC)[C@@H](O)C(=O)OCC)c2ncnc(OC)c21. The summed E-state index contributed by atoms with van der Waals surface area (Å²) in [5, 5.41) is 13.2. The fraction of sp³-hybridized carbons (Fsp3) is 0.619. The van der Waals surface area contributed by atoms with E-state index in [-0.39, 0.29) is 26.5 Å². The van der Waals surface area contributed by atoms with Crippen LogP contribution in [-0.4, -0.2) is 70.7 Å². The summed E-state index contributed by atoms with van der Waals surface area (Å²) in [7, 11) is 1.52. The predicted octanol–water partition coefficient (Wildman–Crippen LogP) is 1.16. The third kappa shape index (κ3) is 6.38. The standard InChI is InChI=1S/C21H32N4O7/c1-5-8-9-30-13-25-11-14(15-17(25)19(29-4)24-12-23-15)10-22-16(20(27)31-6-2)18(26)21(28)32-7-3/h11-12,16,18,22,26H,5-10,13H2,1-4H3/t16-,18-/m1/s1. The van der Waals surface area contributed by atoms with Gasteiger partial charge in [0.2, 0.25) is 5.88 Å². The van der Waals surface area contributed by atoms with Crippen LogP contribution in [0.25, 0.3) is 11.0 Å². The minimum absolute atomic E-state index is 0.0771. The van der Waals surface area contributed by atoms with Crippen molar-refractivity contribution in [3.05, 3.63) is 18.1 Å². The minimum Gasteiger partial charge on any atom is -0.479 e. The van der Waals surface area contributed by atoms with Gasteiger partial charge in [-0.15, -0.1) is 0 Å². The molecule has 2 aromatic heterocycles. The van der Waals surface area contributed by atoms with Crippen LogP contribution in [0.3, 0.4) is 0 Å². The van der Waals surface area contributed by atoms with Crippen molar-refractivity contribution >= 4 is 23.0 Å². The zero-order valence-corrected chi connectivity index (χ0v) is 19.0. The fourth-order valence-corrected chi connectivity index (χ4v) is 3.10. The van der Waals surface area contributed by atoms with E-state index in [2.05, 4.69) is 22.2 Å². The molecule has 0 spiro atoms. The lowest BCUT2D eigenvalue weighted by Crippen LogP contribution is -2.50.